The summed E-state index contributed by atoms with van der Waals surface area (Å²) in [5, 5.41) is 14.2. The molecule has 0 saturated heterocycles. The minimum atomic E-state index is -4.50. The zero-order chi connectivity index (χ0) is 24.1. The summed E-state index contributed by atoms with van der Waals surface area (Å²) in [6.45, 7) is 8.51. The fourth-order valence-corrected chi connectivity index (χ4v) is 4.39. The van der Waals surface area contributed by atoms with Gasteiger partial charge < -0.3 is 15.0 Å². The number of hydrogen-bond acceptors (Lipinski definition) is 2. The number of carboxylic acid groups (broad SMARTS) is 1. The van der Waals surface area contributed by atoms with Crippen LogP contribution in [0.3, 0.4) is 0 Å². The summed E-state index contributed by atoms with van der Waals surface area (Å²) in [6, 6.07) is 8.27. The number of carbonyl (C=O) groups is 1. The molecule has 0 spiro atoms. The monoisotopic (exact) mass is 460 g/mol. The number of nitrogens with one attached hydrogen (secondary N) is 1. The second kappa shape index (κ2) is 7.97. The van der Waals surface area contributed by atoms with E-state index in [1.165, 1.54) is 9.58 Å². The molecule has 0 bridgehead atoms. The maximum absolute atomic E-state index is 13.2. The highest BCUT2D eigenvalue weighted by atomic mass is 19.4. The van der Waals surface area contributed by atoms with E-state index < -0.39 is 18.0 Å². The average Bonchev–Trinajstić information content (AvgIpc) is 3.36. The quantitative estimate of drug-likeness (QED) is 0.485. The molecular formula is C24H27F3N4O2. The Kier molecular flexibility index (Phi) is 5.54. The third kappa shape index (κ3) is 4.36. The van der Waals surface area contributed by atoms with Gasteiger partial charge in [-0.1, -0.05) is 32.9 Å². The van der Waals surface area contributed by atoms with Crippen LogP contribution in [0.2, 0.25) is 0 Å². The summed E-state index contributed by atoms with van der Waals surface area (Å²) in [4.78, 5) is 16.5. The van der Waals surface area contributed by atoms with Crippen LogP contribution in [0.15, 0.2) is 36.4 Å². The summed E-state index contributed by atoms with van der Waals surface area (Å²) >= 11 is 0. The molecule has 3 aromatic rings. The minimum Gasteiger partial charge on any atom is -0.465 e. The van der Waals surface area contributed by atoms with E-state index in [9.17, 15) is 23.1 Å². The van der Waals surface area contributed by atoms with Crippen molar-refractivity contribution in [3.05, 3.63) is 47.8 Å². The van der Waals surface area contributed by atoms with Crippen molar-refractivity contribution in [2.24, 2.45) is 5.41 Å². The van der Waals surface area contributed by atoms with Gasteiger partial charge in [0.15, 0.2) is 5.69 Å². The number of halogens is 3. The second-order valence-electron chi connectivity index (χ2n) is 9.44. The number of hydrogen-bond donors (Lipinski definition) is 2. The van der Waals surface area contributed by atoms with Gasteiger partial charge in [0.2, 0.25) is 0 Å². The number of aromatic nitrogens is 3. The van der Waals surface area contributed by atoms with Crippen molar-refractivity contribution in [3.8, 4) is 11.3 Å². The standard InChI is InChI=1S/C24H27F3N4O2/c1-5-31-19(13-20(29-31)24(25,26)27)15-6-7-17-16(10-15)11-18(28-17)14-8-9-30(22(32)33)21(12-14)23(2,3)4/h6-7,10-13,21,28H,5,8-9H2,1-4H3,(H,32,33). The Bertz CT molecular complexity index is 1230. The molecule has 33 heavy (non-hydrogen) atoms. The Hall–Kier alpha value is -3.23. The molecule has 0 radical (unpaired) electrons. The Morgan fingerprint density at radius 1 is 1.21 bits per heavy atom. The Morgan fingerprint density at radius 2 is 1.94 bits per heavy atom. The fraction of sp³-hybridized carbons (Fsp3) is 0.417. The highest BCUT2D eigenvalue weighted by Crippen LogP contribution is 2.36. The molecule has 1 unspecified atom stereocenters. The van der Waals surface area contributed by atoms with Gasteiger partial charge in [-0.15, -0.1) is 0 Å². The van der Waals surface area contributed by atoms with Crippen LogP contribution in [0.5, 0.6) is 0 Å². The van der Waals surface area contributed by atoms with Gasteiger partial charge in [-0.2, -0.15) is 18.3 Å². The van der Waals surface area contributed by atoms with Crippen molar-refractivity contribution in [2.45, 2.75) is 52.9 Å². The average molecular weight is 461 g/mol. The van der Waals surface area contributed by atoms with Gasteiger partial charge in [-0.3, -0.25) is 4.68 Å². The van der Waals surface area contributed by atoms with E-state index in [4.69, 9.17) is 0 Å². The van der Waals surface area contributed by atoms with Crippen LogP contribution in [0, 0.1) is 5.41 Å². The van der Waals surface area contributed by atoms with Crippen LogP contribution >= 0.6 is 0 Å². The predicted molar refractivity (Wildman–Crippen MR) is 121 cm³/mol. The third-order valence-corrected chi connectivity index (χ3v) is 6.08. The van der Waals surface area contributed by atoms with E-state index in [2.05, 4.69) is 10.1 Å². The molecule has 9 heteroatoms. The maximum atomic E-state index is 13.2. The number of H-pyrrole nitrogens is 1. The molecule has 4 rings (SSSR count). The first-order valence-corrected chi connectivity index (χ1v) is 10.9. The van der Waals surface area contributed by atoms with Gasteiger partial charge in [0.05, 0.1) is 11.7 Å². The van der Waals surface area contributed by atoms with Gasteiger partial charge in [0.1, 0.15) is 0 Å². The lowest BCUT2D eigenvalue weighted by Gasteiger charge is -2.40. The highest BCUT2D eigenvalue weighted by molar-refractivity contribution is 5.88. The molecule has 2 aromatic heterocycles. The van der Waals surface area contributed by atoms with Crippen molar-refractivity contribution >= 4 is 22.6 Å². The van der Waals surface area contributed by atoms with Crippen LogP contribution in [0.1, 0.15) is 45.5 Å². The third-order valence-electron chi connectivity index (χ3n) is 6.08. The predicted octanol–water partition coefficient (Wildman–Crippen LogP) is 6.25. The lowest BCUT2D eigenvalue weighted by molar-refractivity contribution is -0.141. The van der Waals surface area contributed by atoms with Crippen LogP contribution in [0.4, 0.5) is 18.0 Å². The van der Waals surface area contributed by atoms with Crippen LogP contribution in [-0.2, 0) is 12.7 Å². The lowest BCUT2D eigenvalue weighted by Crippen LogP contribution is -2.48. The molecule has 0 fully saturated rings. The molecule has 1 aliphatic rings. The van der Waals surface area contributed by atoms with E-state index in [1.54, 1.807) is 13.0 Å². The summed E-state index contributed by atoms with van der Waals surface area (Å²) < 4.78 is 40.8. The van der Waals surface area contributed by atoms with Crippen molar-refractivity contribution in [1.29, 1.82) is 0 Å². The summed E-state index contributed by atoms with van der Waals surface area (Å²) in [7, 11) is 0. The van der Waals surface area contributed by atoms with Gasteiger partial charge in [-0.25, -0.2) is 4.79 Å². The zero-order valence-electron chi connectivity index (χ0n) is 19.0. The van der Waals surface area contributed by atoms with Gasteiger partial charge in [0.25, 0.3) is 0 Å². The van der Waals surface area contributed by atoms with Gasteiger partial charge in [-0.05, 0) is 48.6 Å². The van der Waals surface area contributed by atoms with Crippen molar-refractivity contribution in [3.63, 3.8) is 0 Å². The summed E-state index contributed by atoms with van der Waals surface area (Å²) in [5.41, 5.74) is 2.68. The first-order valence-electron chi connectivity index (χ1n) is 10.9. The van der Waals surface area contributed by atoms with Crippen LogP contribution < -0.4 is 0 Å². The molecule has 0 aliphatic carbocycles. The van der Waals surface area contributed by atoms with E-state index in [0.29, 0.717) is 30.8 Å². The lowest BCUT2D eigenvalue weighted by atomic mass is 9.82. The van der Waals surface area contributed by atoms with Crippen LogP contribution in [-0.4, -0.2) is 43.5 Å². The van der Waals surface area contributed by atoms with Crippen molar-refractivity contribution in [2.75, 3.05) is 6.54 Å². The molecule has 1 atom stereocenters. The number of amides is 1. The number of benzene rings is 1. The van der Waals surface area contributed by atoms with E-state index in [-0.39, 0.29) is 11.5 Å². The number of aryl methyl sites for hydroxylation is 1. The van der Waals surface area contributed by atoms with Crippen molar-refractivity contribution in [1.82, 2.24) is 19.7 Å². The zero-order valence-corrected chi connectivity index (χ0v) is 19.0. The summed E-state index contributed by atoms with van der Waals surface area (Å²) in [5.74, 6) is 0. The molecule has 1 amide bonds. The first-order chi connectivity index (χ1) is 15.4. The van der Waals surface area contributed by atoms with Gasteiger partial charge >= 0.3 is 12.3 Å². The smallest absolute Gasteiger partial charge is 0.435 e. The maximum Gasteiger partial charge on any atom is 0.435 e. The number of nitrogens with zero attached hydrogens (tertiary/aromatic N) is 3. The topological polar surface area (TPSA) is 74.2 Å². The molecule has 1 aliphatic heterocycles. The van der Waals surface area contributed by atoms with E-state index >= 15 is 0 Å². The first kappa shape index (κ1) is 22.9. The molecule has 6 nitrogen and oxygen atoms in total. The van der Waals surface area contributed by atoms with Crippen molar-refractivity contribution < 1.29 is 23.1 Å². The molecule has 1 aromatic carbocycles. The van der Waals surface area contributed by atoms with E-state index in [0.717, 1.165) is 28.2 Å². The normalized spacial score (nSPS) is 17.5. The molecule has 176 valence electrons. The number of fused-ring (bicyclic) bond motifs is 1. The Labute approximate surface area is 189 Å². The fourth-order valence-electron chi connectivity index (χ4n) is 4.39. The van der Waals surface area contributed by atoms with Crippen LogP contribution in [0.25, 0.3) is 27.7 Å². The number of aromatic amines is 1. The number of rotatable bonds is 3. The highest BCUT2D eigenvalue weighted by Gasteiger charge is 2.36. The SMILES string of the molecule is CCn1nc(C(F)(F)F)cc1-c1ccc2[nH]c(C3=CC(C(C)(C)C)N(C(=O)O)CC3)cc2c1. The minimum absolute atomic E-state index is 0.264. The largest absolute Gasteiger partial charge is 0.465 e. The molecular weight excluding hydrogens is 433 g/mol. The Balaban J connectivity index is 1.73. The molecule has 2 N–H and O–H groups in total. The van der Waals surface area contributed by atoms with Gasteiger partial charge in [0, 0.05) is 35.2 Å². The second-order valence-corrected chi connectivity index (χ2v) is 9.44. The van der Waals surface area contributed by atoms with E-state index in [1.807, 2.05) is 45.0 Å². The molecule has 3 heterocycles. The number of alkyl halides is 3. The molecule has 0 saturated carbocycles. The Morgan fingerprint density at radius 3 is 2.55 bits per heavy atom. The summed E-state index contributed by atoms with van der Waals surface area (Å²) in [6.07, 6.45) is -2.85.